The Morgan fingerprint density at radius 1 is 0.882 bits per heavy atom. The van der Waals surface area contributed by atoms with Gasteiger partial charge in [-0.05, 0) is 54.1 Å². The van der Waals surface area contributed by atoms with E-state index in [1.165, 1.54) is 17.6 Å². The molecular weight excluding hydrogens is 450 g/mol. The van der Waals surface area contributed by atoms with Crippen LogP contribution in [0.15, 0.2) is 95.6 Å². The van der Waals surface area contributed by atoms with Gasteiger partial charge in [-0.15, -0.1) is 0 Å². The lowest BCUT2D eigenvalue weighted by molar-refractivity contribution is 0.0994. The predicted octanol–water partition coefficient (Wildman–Crippen LogP) is 5.97. The Balaban J connectivity index is 1.25. The summed E-state index contributed by atoms with van der Waals surface area (Å²) in [5, 5.41) is 6.08. The van der Waals surface area contributed by atoms with Gasteiger partial charge in [0.1, 0.15) is 12.4 Å². The van der Waals surface area contributed by atoms with Crippen molar-refractivity contribution >= 4 is 44.2 Å². The maximum absolute atomic E-state index is 12.8. The summed E-state index contributed by atoms with van der Waals surface area (Å²) in [6.07, 6.45) is 1.44. The smallest absolute Gasteiger partial charge is 0.293 e. The summed E-state index contributed by atoms with van der Waals surface area (Å²) in [5.41, 5.74) is 2.88. The Labute approximate surface area is 199 Å². The molecule has 34 heavy (non-hydrogen) atoms. The predicted molar refractivity (Wildman–Crippen MR) is 131 cm³/mol. The largest absolute Gasteiger partial charge is 0.489 e. The standard InChI is InChI=1S/C26H19N3O4S/c30-24(18-8-4-9-20(14-18)33-16-17-6-2-1-3-7-17)27-19-11-12-21-23(15-19)34-26(28-21)29-25(31)22-10-5-13-32-22/h1-15H,16H2,(H,27,30)(H,28,29,31). The number of hydrogen-bond acceptors (Lipinski definition) is 6. The van der Waals surface area contributed by atoms with E-state index in [0.29, 0.717) is 34.3 Å². The van der Waals surface area contributed by atoms with Crippen molar-refractivity contribution in [3.05, 3.63) is 108 Å². The van der Waals surface area contributed by atoms with Gasteiger partial charge in [-0.3, -0.25) is 14.9 Å². The van der Waals surface area contributed by atoms with E-state index in [4.69, 9.17) is 9.15 Å². The van der Waals surface area contributed by atoms with E-state index in [9.17, 15) is 9.59 Å². The second-order valence-electron chi connectivity index (χ2n) is 7.39. The van der Waals surface area contributed by atoms with E-state index in [0.717, 1.165) is 10.3 Å². The van der Waals surface area contributed by atoms with Crippen LogP contribution in [-0.2, 0) is 6.61 Å². The highest BCUT2D eigenvalue weighted by Crippen LogP contribution is 2.29. The monoisotopic (exact) mass is 469 g/mol. The summed E-state index contributed by atoms with van der Waals surface area (Å²) in [5.74, 6) is 0.209. The summed E-state index contributed by atoms with van der Waals surface area (Å²) < 4.78 is 11.8. The van der Waals surface area contributed by atoms with Gasteiger partial charge >= 0.3 is 0 Å². The molecule has 0 saturated heterocycles. The molecule has 0 radical (unpaired) electrons. The maximum Gasteiger partial charge on any atom is 0.293 e. The number of amides is 2. The molecule has 168 valence electrons. The van der Waals surface area contributed by atoms with Gasteiger partial charge in [-0.2, -0.15) is 0 Å². The number of ether oxygens (including phenoxy) is 1. The molecule has 0 saturated carbocycles. The van der Waals surface area contributed by atoms with Crippen LogP contribution in [0.3, 0.4) is 0 Å². The minimum atomic E-state index is -0.369. The van der Waals surface area contributed by atoms with Crippen molar-refractivity contribution in [2.75, 3.05) is 10.6 Å². The van der Waals surface area contributed by atoms with Gasteiger partial charge in [0.15, 0.2) is 10.9 Å². The number of carbonyl (C=O) groups is 2. The number of nitrogens with one attached hydrogen (secondary N) is 2. The van der Waals surface area contributed by atoms with Crippen molar-refractivity contribution in [1.82, 2.24) is 4.98 Å². The SMILES string of the molecule is O=C(Nc1ccc2nc(NC(=O)c3ccco3)sc2c1)c1cccc(OCc2ccccc2)c1. The van der Waals surface area contributed by atoms with Gasteiger partial charge in [-0.25, -0.2) is 4.98 Å². The third-order valence-electron chi connectivity index (χ3n) is 4.96. The van der Waals surface area contributed by atoms with Gasteiger partial charge in [0.05, 0.1) is 16.5 Å². The molecule has 2 heterocycles. The fraction of sp³-hybridized carbons (Fsp3) is 0.0385. The first-order chi connectivity index (χ1) is 16.6. The molecule has 2 N–H and O–H groups in total. The van der Waals surface area contributed by atoms with Gasteiger partial charge < -0.3 is 14.5 Å². The summed E-state index contributed by atoms with van der Waals surface area (Å²) in [6.45, 7) is 0.423. The molecule has 3 aromatic carbocycles. The van der Waals surface area contributed by atoms with Crippen LogP contribution in [0.1, 0.15) is 26.5 Å². The fourth-order valence-corrected chi connectivity index (χ4v) is 4.19. The van der Waals surface area contributed by atoms with Crippen LogP contribution in [-0.4, -0.2) is 16.8 Å². The molecule has 5 aromatic rings. The van der Waals surface area contributed by atoms with Crippen molar-refractivity contribution in [3.8, 4) is 5.75 Å². The number of nitrogens with zero attached hydrogens (tertiary/aromatic N) is 1. The molecule has 2 amide bonds. The summed E-state index contributed by atoms with van der Waals surface area (Å²) in [4.78, 5) is 29.4. The molecule has 0 aliphatic carbocycles. The number of aromatic nitrogens is 1. The highest BCUT2D eigenvalue weighted by molar-refractivity contribution is 7.22. The van der Waals surface area contributed by atoms with Crippen LogP contribution in [0.25, 0.3) is 10.2 Å². The molecule has 5 rings (SSSR count). The Kier molecular flexibility index (Phi) is 6.05. The third kappa shape index (κ3) is 4.97. The topological polar surface area (TPSA) is 93.5 Å². The maximum atomic E-state index is 12.8. The Morgan fingerprint density at radius 3 is 2.59 bits per heavy atom. The molecule has 0 unspecified atom stereocenters. The van der Waals surface area contributed by atoms with Crippen LogP contribution in [0.4, 0.5) is 10.8 Å². The van der Waals surface area contributed by atoms with Gasteiger partial charge in [0.2, 0.25) is 0 Å². The Hall–Kier alpha value is -4.43. The lowest BCUT2D eigenvalue weighted by atomic mass is 10.2. The number of fused-ring (bicyclic) bond motifs is 1. The minimum Gasteiger partial charge on any atom is -0.489 e. The van der Waals surface area contributed by atoms with Crippen LogP contribution in [0.2, 0.25) is 0 Å². The zero-order valence-corrected chi connectivity index (χ0v) is 18.7. The van der Waals surface area contributed by atoms with Crippen LogP contribution >= 0.6 is 11.3 Å². The summed E-state index contributed by atoms with van der Waals surface area (Å²) >= 11 is 1.31. The first-order valence-corrected chi connectivity index (χ1v) is 11.3. The minimum absolute atomic E-state index is 0.210. The number of furan rings is 1. The summed E-state index contributed by atoms with van der Waals surface area (Å²) in [7, 11) is 0. The van der Waals surface area contributed by atoms with Crippen LogP contribution in [0, 0.1) is 0 Å². The van der Waals surface area contributed by atoms with Gasteiger partial charge in [0, 0.05) is 11.3 Å². The highest BCUT2D eigenvalue weighted by atomic mass is 32.1. The van der Waals surface area contributed by atoms with Crippen molar-refractivity contribution < 1.29 is 18.7 Å². The van der Waals surface area contributed by atoms with E-state index in [1.54, 1.807) is 42.5 Å². The molecule has 0 spiro atoms. The quantitative estimate of drug-likeness (QED) is 0.306. The van der Waals surface area contributed by atoms with Crippen LogP contribution < -0.4 is 15.4 Å². The molecule has 0 bridgehead atoms. The number of rotatable bonds is 7. The van der Waals surface area contributed by atoms with Crippen molar-refractivity contribution in [3.63, 3.8) is 0 Å². The third-order valence-corrected chi connectivity index (χ3v) is 5.89. The molecule has 7 nitrogen and oxygen atoms in total. The molecule has 0 aliphatic heterocycles. The first-order valence-electron chi connectivity index (χ1n) is 10.5. The molecular formula is C26H19N3O4S. The normalized spacial score (nSPS) is 10.7. The number of carbonyl (C=O) groups excluding carboxylic acids is 2. The number of benzene rings is 3. The van der Waals surface area contributed by atoms with Crippen molar-refractivity contribution in [2.45, 2.75) is 6.61 Å². The lowest BCUT2D eigenvalue weighted by Gasteiger charge is -2.09. The Morgan fingerprint density at radius 2 is 1.76 bits per heavy atom. The molecule has 0 atom stereocenters. The summed E-state index contributed by atoms with van der Waals surface area (Å²) in [6, 6.07) is 25.5. The molecule has 0 fully saturated rings. The second-order valence-corrected chi connectivity index (χ2v) is 8.42. The number of anilines is 2. The number of thiazole rings is 1. The molecule has 2 aromatic heterocycles. The average molecular weight is 470 g/mol. The Bertz CT molecular complexity index is 1450. The van der Waals surface area contributed by atoms with E-state index < -0.39 is 0 Å². The van der Waals surface area contributed by atoms with Gasteiger partial charge in [-0.1, -0.05) is 47.7 Å². The first kappa shape index (κ1) is 21.4. The van der Waals surface area contributed by atoms with Crippen LogP contribution in [0.5, 0.6) is 5.75 Å². The van der Waals surface area contributed by atoms with E-state index in [1.807, 2.05) is 42.5 Å². The zero-order valence-electron chi connectivity index (χ0n) is 17.9. The number of hydrogen-bond donors (Lipinski definition) is 2. The lowest BCUT2D eigenvalue weighted by Crippen LogP contribution is -2.11. The zero-order chi connectivity index (χ0) is 23.3. The van der Waals surface area contributed by atoms with Crippen molar-refractivity contribution in [2.24, 2.45) is 0 Å². The van der Waals surface area contributed by atoms with E-state index >= 15 is 0 Å². The highest BCUT2D eigenvalue weighted by Gasteiger charge is 2.13. The van der Waals surface area contributed by atoms with Gasteiger partial charge in [0.25, 0.3) is 11.8 Å². The fourth-order valence-electron chi connectivity index (χ4n) is 3.29. The van der Waals surface area contributed by atoms with E-state index in [2.05, 4.69) is 15.6 Å². The molecule has 8 heteroatoms. The average Bonchev–Trinajstić information content (AvgIpc) is 3.53. The van der Waals surface area contributed by atoms with E-state index in [-0.39, 0.29) is 17.6 Å². The second kappa shape index (κ2) is 9.60. The molecule has 0 aliphatic rings. The van der Waals surface area contributed by atoms with Crippen molar-refractivity contribution in [1.29, 1.82) is 0 Å².